The van der Waals surface area contributed by atoms with E-state index in [4.69, 9.17) is 0 Å². The van der Waals surface area contributed by atoms with E-state index >= 15 is 0 Å². The highest BCUT2D eigenvalue weighted by atomic mass is 32.2. The highest BCUT2D eigenvalue weighted by Crippen LogP contribution is 2.23. The van der Waals surface area contributed by atoms with Crippen LogP contribution < -0.4 is 5.32 Å². The van der Waals surface area contributed by atoms with E-state index in [1.807, 2.05) is 11.8 Å². The van der Waals surface area contributed by atoms with Crippen molar-refractivity contribution in [2.45, 2.75) is 25.8 Å². The van der Waals surface area contributed by atoms with Gasteiger partial charge in [0.1, 0.15) is 0 Å². The SMILES string of the molecule is C=C1CC(CSC)=CC(C)(C)N1. The van der Waals surface area contributed by atoms with Gasteiger partial charge in [0.05, 0.1) is 0 Å². The lowest BCUT2D eigenvalue weighted by atomic mass is 9.94. The second-order valence-electron chi connectivity index (χ2n) is 3.86. The van der Waals surface area contributed by atoms with E-state index < -0.39 is 0 Å². The molecule has 0 fully saturated rings. The molecule has 68 valence electrons. The summed E-state index contributed by atoms with van der Waals surface area (Å²) < 4.78 is 0. The Hall–Kier alpha value is -0.370. The molecule has 0 unspecified atom stereocenters. The fourth-order valence-electron chi connectivity index (χ4n) is 1.65. The maximum atomic E-state index is 3.98. The molecule has 1 aliphatic heterocycles. The lowest BCUT2D eigenvalue weighted by Gasteiger charge is -2.31. The average Bonchev–Trinajstić information content (AvgIpc) is 1.82. The van der Waals surface area contributed by atoms with Gasteiger partial charge in [-0.1, -0.05) is 18.2 Å². The van der Waals surface area contributed by atoms with Gasteiger partial charge in [-0.3, -0.25) is 0 Å². The van der Waals surface area contributed by atoms with E-state index in [0.717, 1.165) is 17.9 Å². The molecule has 0 amide bonds. The van der Waals surface area contributed by atoms with E-state index in [9.17, 15) is 0 Å². The van der Waals surface area contributed by atoms with Gasteiger partial charge in [0, 0.05) is 23.4 Å². The molecule has 0 saturated carbocycles. The molecule has 1 aliphatic rings. The van der Waals surface area contributed by atoms with Crippen molar-refractivity contribution in [3.63, 3.8) is 0 Å². The summed E-state index contributed by atoms with van der Waals surface area (Å²) in [6.45, 7) is 8.34. The Morgan fingerprint density at radius 1 is 1.67 bits per heavy atom. The molecule has 0 bridgehead atoms. The number of hydrogen-bond donors (Lipinski definition) is 1. The summed E-state index contributed by atoms with van der Waals surface area (Å²) in [5.41, 5.74) is 2.74. The molecule has 2 heteroatoms. The Balaban J connectivity index is 2.73. The van der Waals surface area contributed by atoms with Gasteiger partial charge >= 0.3 is 0 Å². The van der Waals surface area contributed by atoms with E-state index in [-0.39, 0.29) is 5.54 Å². The molecule has 1 rings (SSSR count). The van der Waals surface area contributed by atoms with Crippen molar-refractivity contribution in [1.29, 1.82) is 0 Å². The van der Waals surface area contributed by atoms with E-state index in [1.165, 1.54) is 5.57 Å². The van der Waals surface area contributed by atoms with E-state index in [2.05, 4.69) is 38.1 Å². The predicted octanol–water partition coefficient (Wildman–Crippen LogP) is 2.56. The molecular formula is C10H17NS. The summed E-state index contributed by atoms with van der Waals surface area (Å²) in [4.78, 5) is 0. The van der Waals surface area contributed by atoms with Crippen LogP contribution in [0.25, 0.3) is 0 Å². The largest absolute Gasteiger partial charge is 0.380 e. The molecule has 0 atom stereocenters. The molecule has 1 N–H and O–H groups in total. The van der Waals surface area contributed by atoms with Crippen LogP contribution in [0.2, 0.25) is 0 Å². The Morgan fingerprint density at radius 2 is 2.33 bits per heavy atom. The van der Waals surface area contributed by atoms with Crippen molar-refractivity contribution in [1.82, 2.24) is 5.32 Å². The molecule has 0 spiro atoms. The highest BCUT2D eigenvalue weighted by Gasteiger charge is 2.20. The second-order valence-corrected chi connectivity index (χ2v) is 4.73. The first kappa shape index (κ1) is 9.72. The number of thioether (sulfide) groups is 1. The van der Waals surface area contributed by atoms with Gasteiger partial charge in [-0.15, -0.1) is 0 Å². The van der Waals surface area contributed by atoms with Crippen LogP contribution >= 0.6 is 11.8 Å². The molecular weight excluding hydrogens is 166 g/mol. The summed E-state index contributed by atoms with van der Waals surface area (Å²) >= 11 is 1.87. The summed E-state index contributed by atoms with van der Waals surface area (Å²) in [5.74, 6) is 1.13. The Kier molecular flexibility index (Phi) is 2.89. The van der Waals surface area contributed by atoms with Crippen molar-refractivity contribution in [3.8, 4) is 0 Å². The lowest BCUT2D eigenvalue weighted by molar-refractivity contribution is 0.503. The predicted molar refractivity (Wildman–Crippen MR) is 57.4 cm³/mol. The summed E-state index contributed by atoms with van der Waals surface area (Å²) in [7, 11) is 0. The van der Waals surface area contributed by atoms with Gasteiger partial charge in [-0.05, 0) is 20.1 Å². The summed E-state index contributed by atoms with van der Waals surface area (Å²) in [5, 5.41) is 3.36. The molecule has 1 heterocycles. The normalized spacial score (nSPS) is 21.6. The quantitative estimate of drug-likeness (QED) is 0.660. The molecule has 0 radical (unpaired) electrons. The Bertz CT molecular complexity index is 216. The molecule has 1 nitrogen and oxygen atoms in total. The van der Waals surface area contributed by atoms with Crippen LogP contribution in [-0.2, 0) is 0 Å². The average molecular weight is 183 g/mol. The third kappa shape index (κ3) is 2.59. The van der Waals surface area contributed by atoms with Gasteiger partial charge in [-0.25, -0.2) is 0 Å². The fourth-order valence-corrected chi connectivity index (χ4v) is 2.21. The first-order valence-corrected chi connectivity index (χ1v) is 5.58. The maximum absolute atomic E-state index is 3.98. The van der Waals surface area contributed by atoms with Crippen molar-refractivity contribution in [2.75, 3.05) is 12.0 Å². The molecule has 0 aliphatic carbocycles. The molecule has 0 aromatic rings. The fraction of sp³-hybridized carbons (Fsp3) is 0.600. The van der Waals surface area contributed by atoms with Crippen LogP contribution in [0.5, 0.6) is 0 Å². The van der Waals surface area contributed by atoms with Crippen LogP contribution in [-0.4, -0.2) is 17.5 Å². The minimum atomic E-state index is 0.0976. The minimum Gasteiger partial charge on any atom is -0.380 e. The standard InChI is InChI=1S/C10H17NS/c1-8-5-9(7-12-4)6-10(2,3)11-8/h6,11H,1,5,7H2,2-4H3. The van der Waals surface area contributed by atoms with Gasteiger partial charge in [0.15, 0.2) is 0 Å². The Morgan fingerprint density at radius 3 is 2.83 bits per heavy atom. The van der Waals surface area contributed by atoms with Crippen LogP contribution in [0.3, 0.4) is 0 Å². The van der Waals surface area contributed by atoms with Crippen LogP contribution in [0.4, 0.5) is 0 Å². The van der Waals surface area contributed by atoms with Crippen LogP contribution in [0.1, 0.15) is 20.3 Å². The van der Waals surface area contributed by atoms with Crippen molar-refractivity contribution < 1.29 is 0 Å². The summed E-state index contributed by atoms with van der Waals surface area (Å²) in [6, 6.07) is 0. The molecule has 12 heavy (non-hydrogen) atoms. The highest BCUT2D eigenvalue weighted by molar-refractivity contribution is 7.98. The van der Waals surface area contributed by atoms with Crippen molar-refractivity contribution >= 4 is 11.8 Å². The summed E-state index contributed by atoms with van der Waals surface area (Å²) in [6.07, 6.45) is 5.47. The monoisotopic (exact) mass is 183 g/mol. The third-order valence-corrected chi connectivity index (χ3v) is 2.49. The van der Waals surface area contributed by atoms with Crippen LogP contribution in [0.15, 0.2) is 23.9 Å². The molecule has 0 saturated heterocycles. The first-order valence-electron chi connectivity index (χ1n) is 4.19. The van der Waals surface area contributed by atoms with Gasteiger partial charge < -0.3 is 5.32 Å². The second kappa shape index (κ2) is 3.56. The van der Waals surface area contributed by atoms with Gasteiger partial charge in [0.2, 0.25) is 0 Å². The van der Waals surface area contributed by atoms with E-state index in [1.54, 1.807) is 0 Å². The number of hydrogen-bond acceptors (Lipinski definition) is 2. The smallest absolute Gasteiger partial charge is 0.0499 e. The number of rotatable bonds is 2. The zero-order chi connectivity index (χ0) is 9.19. The zero-order valence-corrected chi connectivity index (χ0v) is 8.92. The van der Waals surface area contributed by atoms with Gasteiger partial charge in [0.25, 0.3) is 0 Å². The van der Waals surface area contributed by atoms with Crippen molar-refractivity contribution in [2.24, 2.45) is 0 Å². The Labute approximate surface area is 79.3 Å². The lowest BCUT2D eigenvalue weighted by Crippen LogP contribution is -2.39. The first-order chi connectivity index (χ1) is 5.53. The van der Waals surface area contributed by atoms with E-state index in [0.29, 0.717) is 0 Å². The van der Waals surface area contributed by atoms with Crippen molar-refractivity contribution in [3.05, 3.63) is 23.9 Å². The zero-order valence-electron chi connectivity index (χ0n) is 8.11. The number of nitrogens with one attached hydrogen (secondary N) is 1. The minimum absolute atomic E-state index is 0.0976. The number of allylic oxidation sites excluding steroid dienone is 1. The molecule has 0 aromatic heterocycles. The molecule has 0 aromatic carbocycles. The van der Waals surface area contributed by atoms with Crippen LogP contribution in [0, 0.1) is 0 Å². The third-order valence-electron chi connectivity index (χ3n) is 1.83. The maximum Gasteiger partial charge on any atom is 0.0499 e. The van der Waals surface area contributed by atoms with Gasteiger partial charge in [-0.2, -0.15) is 11.8 Å². The topological polar surface area (TPSA) is 12.0 Å².